The second kappa shape index (κ2) is 4.91. The first-order chi connectivity index (χ1) is 8.83. The molecule has 0 aromatic carbocycles. The number of aromatic nitrogens is 2. The number of thiophene rings is 2. The fourth-order valence-electron chi connectivity index (χ4n) is 1.66. The predicted molar refractivity (Wildman–Crippen MR) is 75.3 cm³/mol. The molecule has 0 atom stereocenters. The molecule has 0 radical (unpaired) electrons. The number of ether oxygens (including phenoxy) is 1. The summed E-state index contributed by atoms with van der Waals surface area (Å²) in [5, 5.41) is 4.96. The van der Waals surface area contributed by atoms with E-state index in [2.05, 4.69) is 21.4 Å². The zero-order valence-corrected chi connectivity index (χ0v) is 11.1. The summed E-state index contributed by atoms with van der Waals surface area (Å²) in [7, 11) is 0. The molecule has 0 aliphatic rings. The van der Waals surface area contributed by atoms with Crippen LogP contribution in [0.2, 0.25) is 0 Å². The van der Waals surface area contributed by atoms with Crippen LogP contribution in [0, 0.1) is 0 Å². The number of fused-ring (bicyclic) bond motifs is 1. The second-order valence-corrected chi connectivity index (χ2v) is 5.63. The van der Waals surface area contributed by atoms with Gasteiger partial charge in [-0.05, 0) is 22.9 Å². The van der Waals surface area contributed by atoms with E-state index in [4.69, 9.17) is 10.5 Å². The highest BCUT2D eigenvalue weighted by Crippen LogP contribution is 2.27. The third kappa shape index (κ3) is 2.30. The normalized spacial score (nSPS) is 10.9. The van der Waals surface area contributed by atoms with Crippen molar-refractivity contribution < 1.29 is 4.74 Å². The second-order valence-electron chi connectivity index (χ2n) is 3.70. The van der Waals surface area contributed by atoms with E-state index < -0.39 is 0 Å². The molecule has 0 amide bonds. The Balaban J connectivity index is 1.75. The minimum atomic E-state index is 0.260. The quantitative estimate of drug-likeness (QED) is 0.796. The number of nitrogen functional groups attached to an aromatic ring is 1. The lowest BCUT2D eigenvalue weighted by molar-refractivity contribution is 0.315. The van der Waals surface area contributed by atoms with E-state index in [0.717, 1.165) is 16.6 Å². The summed E-state index contributed by atoms with van der Waals surface area (Å²) in [5.41, 5.74) is 5.66. The van der Waals surface area contributed by atoms with Gasteiger partial charge in [0.15, 0.2) is 0 Å². The molecule has 0 saturated carbocycles. The summed E-state index contributed by atoms with van der Waals surface area (Å²) in [6.07, 6.45) is 0.882. The fraction of sp³-hybridized carbons (Fsp3) is 0.167. The Hall–Kier alpha value is -1.66. The van der Waals surface area contributed by atoms with Crippen LogP contribution >= 0.6 is 22.7 Å². The maximum atomic E-state index is 5.71. The molecule has 0 spiro atoms. The van der Waals surface area contributed by atoms with Gasteiger partial charge in [-0.1, -0.05) is 6.07 Å². The molecule has 3 aromatic heterocycles. The van der Waals surface area contributed by atoms with Crippen molar-refractivity contribution in [2.24, 2.45) is 0 Å². The van der Waals surface area contributed by atoms with Gasteiger partial charge in [-0.2, -0.15) is 4.98 Å². The molecule has 0 aliphatic carbocycles. The summed E-state index contributed by atoms with van der Waals surface area (Å²) in [6, 6.07) is 6.10. The molecule has 18 heavy (non-hydrogen) atoms. The van der Waals surface area contributed by atoms with E-state index in [1.54, 1.807) is 11.3 Å². The SMILES string of the molecule is Nc1nc(OCCc2cccs2)c2ccsc2n1. The van der Waals surface area contributed by atoms with Crippen molar-refractivity contribution in [3.05, 3.63) is 33.8 Å². The van der Waals surface area contributed by atoms with Crippen molar-refractivity contribution in [3.63, 3.8) is 0 Å². The predicted octanol–water partition coefficient (Wildman–Crippen LogP) is 2.96. The Morgan fingerprint density at radius 3 is 2.94 bits per heavy atom. The van der Waals surface area contributed by atoms with Gasteiger partial charge >= 0.3 is 0 Å². The lowest BCUT2D eigenvalue weighted by atomic mass is 10.3. The molecule has 0 saturated heterocycles. The van der Waals surface area contributed by atoms with E-state index in [1.165, 1.54) is 16.2 Å². The highest BCUT2D eigenvalue weighted by Gasteiger charge is 2.08. The summed E-state index contributed by atoms with van der Waals surface area (Å²) in [5.74, 6) is 0.839. The van der Waals surface area contributed by atoms with Crippen LogP contribution in [0.3, 0.4) is 0 Å². The van der Waals surface area contributed by atoms with Gasteiger partial charge in [0.25, 0.3) is 0 Å². The molecule has 2 N–H and O–H groups in total. The Labute approximate surface area is 112 Å². The van der Waals surface area contributed by atoms with Gasteiger partial charge < -0.3 is 10.5 Å². The summed E-state index contributed by atoms with van der Waals surface area (Å²) in [6.45, 7) is 0.599. The van der Waals surface area contributed by atoms with Crippen molar-refractivity contribution >= 4 is 38.8 Å². The number of hydrogen-bond donors (Lipinski definition) is 1. The Kier molecular flexibility index (Phi) is 3.12. The molecule has 0 fully saturated rings. The van der Waals surface area contributed by atoms with Crippen LogP contribution in [0.4, 0.5) is 5.95 Å². The lowest BCUT2D eigenvalue weighted by Gasteiger charge is -2.05. The van der Waals surface area contributed by atoms with Crippen molar-refractivity contribution in [1.82, 2.24) is 9.97 Å². The molecule has 0 aliphatic heterocycles. The van der Waals surface area contributed by atoms with E-state index in [1.807, 2.05) is 17.5 Å². The van der Waals surface area contributed by atoms with Gasteiger partial charge in [-0.25, -0.2) is 4.98 Å². The zero-order chi connectivity index (χ0) is 12.4. The van der Waals surface area contributed by atoms with Gasteiger partial charge in [0.05, 0.1) is 12.0 Å². The Bertz CT molecular complexity index is 648. The monoisotopic (exact) mass is 277 g/mol. The van der Waals surface area contributed by atoms with Crippen LogP contribution in [-0.4, -0.2) is 16.6 Å². The molecule has 3 aromatic rings. The van der Waals surface area contributed by atoms with Crippen LogP contribution in [-0.2, 0) is 6.42 Å². The molecule has 0 unspecified atom stereocenters. The fourth-order valence-corrected chi connectivity index (χ4v) is 3.11. The van der Waals surface area contributed by atoms with Crippen LogP contribution < -0.4 is 10.5 Å². The summed E-state index contributed by atoms with van der Waals surface area (Å²) < 4.78 is 5.71. The van der Waals surface area contributed by atoms with E-state index >= 15 is 0 Å². The topological polar surface area (TPSA) is 61.0 Å². The molecule has 4 nitrogen and oxygen atoms in total. The van der Waals surface area contributed by atoms with Crippen molar-refractivity contribution in [2.45, 2.75) is 6.42 Å². The zero-order valence-electron chi connectivity index (χ0n) is 9.50. The minimum Gasteiger partial charge on any atom is -0.477 e. The first-order valence-electron chi connectivity index (χ1n) is 5.49. The molecule has 6 heteroatoms. The molecule has 92 valence electrons. The molecule has 3 heterocycles. The van der Waals surface area contributed by atoms with Crippen LogP contribution in [0.15, 0.2) is 29.0 Å². The molecule has 0 bridgehead atoms. The number of rotatable bonds is 4. The highest BCUT2D eigenvalue weighted by atomic mass is 32.1. The lowest BCUT2D eigenvalue weighted by Crippen LogP contribution is -2.04. The third-order valence-electron chi connectivity index (χ3n) is 2.47. The van der Waals surface area contributed by atoms with Crippen LogP contribution in [0.1, 0.15) is 4.88 Å². The number of hydrogen-bond acceptors (Lipinski definition) is 6. The summed E-state index contributed by atoms with van der Waals surface area (Å²) >= 11 is 3.27. The number of nitrogens with two attached hydrogens (primary N) is 1. The minimum absolute atomic E-state index is 0.260. The van der Waals surface area contributed by atoms with Crippen LogP contribution in [0.5, 0.6) is 5.88 Å². The number of nitrogens with zero attached hydrogens (tertiary/aromatic N) is 2. The smallest absolute Gasteiger partial charge is 0.227 e. The summed E-state index contributed by atoms with van der Waals surface area (Å²) in [4.78, 5) is 10.5. The average molecular weight is 277 g/mol. The average Bonchev–Trinajstić information content (AvgIpc) is 2.98. The van der Waals surface area contributed by atoms with E-state index in [-0.39, 0.29) is 5.95 Å². The first-order valence-corrected chi connectivity index (χ1v) is 7.25. The maximum absolute atomic E-state index is 5.71. The Morgan fingerprint density at radius 1 is 1.17 bits per heavy atom. The van der Waals surface area contributed by atoms with Crippen molar-refractivity contribution in [3.8, 4) is 5.88 Å². The van der Waals surface area contributed by atoms with Gasteiger partial charge in [-0.15, -0.1) is 22.7 Å². The first kappa shape index (κ1) is 11.4. The van der Waals surface area contributed by atoms with Gasteiger partial charge in [0.2, 0.25) is 11.8 Å². The Morgan fingerprint density at radius 2 is 2.11 bits per heavy atom. The van der Waals surface area contributed by atoms with Crippen molar-refractivity contribution in [1.29, 1.82) is 0 Å². The van der Waals surface area contributed by atoms with E-state index in [9.17, 15) is 0 Å². The number of anilines is 1. The molecular weight excluding hydrogens is 266 g/mol. The van der Waals surface area contributed by atoms with Crippen LogP contribution in [0.25, 0.3) is 10.2 Å². The third-order valence-corrected chi connectivity index (χ3v) is 4.22. The molecule has 3 rings (SSSR count). The van der Waals surface area contributed by atoms with Gasteiger partial charge in [-0.3, -0.25) is 0 Å². The van der Waals surface area contributed by atoms with Gasteiger partial charge in [0, 0.05) is 11.3 Å². The van der Waals surface area contributed by atoms with Crippen molar-refractivity contribution in [2.75, 3.05) is 12.3 Å². The standard InChI is InChI=1S/C12H11N3OS2/c13-12-14-10(9-4-7-18-11(9)15-12)16-5-3-8-2-1-6-17-8/h1-2,4,6-7H,3,5H2,(H2,13,14,15). The largest absolute Gasteiger partial charge is 0.477 e. The maximum Gasteiger partial charge on any atom is 0.227 e. The highest BCUT2D eigenvalue weighted by molar-refractivity contribution is 7.16. The van der Waals surface area contributed by atoms with E-state index in [0.29, 0.717) is 12.5 Å². The van der Waals surface area contributed by atoms with Gasteiger partial charge in [0.1, 0.15) is 4.83 Å². The molecular formula is C12H11N3OS2.